The zero-order valence-electron chi connectivity index (χ0n) is 13.5. The Morgan fingerprint density at radius 2 is 2.12 bits per heavy atom. The van der Waals surface area contributed by atoms with E-state index >= 15 is 0 Å². The van der Waals surface area contributed by atoms with E-state index in [2.05, 4.69) is 20.9 Å². The molecule has 2 rings (SSSR count). The third kappa shape index (κ3) is 4.98. The number of carbonyl (C=O) groups is 2. The highest BCUT2D eigenvalue weighted by Crippen LogP contribution is 2.21. The molecule has 1 aliphatic rings. The number of anilines is 1. The van der Waals surface area contributed by atoms with Crippen LogP contribution < -0.4 is 16.0 Å². The van der Waals surface area contributed by atoms with Crippen molar-refractivity contribution in [3.05, 3.63) is 27.9 Å². The van der Waals surface area contributed by atoms with Crippen LogP contribution in [0.4, 0.5) is 11.5 Å². The maximum atomic E-state index is 12.3. The number of nitrogens with zero attached hydrogens (tertiary/aromatic N) is 2. The monoisotopic (exact) mass is 335 g/mol. The molecule has 0 unspecified atom stereocenters. The van der Waals surface area contributed by atoms with Gasteiger partial charge in [-0.1, -0.05) is 0 Å². The van der Waals surface area contributed by atoms with Gasteiger partial charge in [0.1, 0.15) is 12.0 Å². The second-order valence-corrected chi connectivity index (χ2v) is 5.70. The summed E-state index contributed by atoms with van der Waals surface area (Å²) < 4.78 is 0. The minimum Gasteiger partial charge on any atom is -0.356 e. The summed E-state index contributed by atoms with van der Waals surface area (Å²) in [6, 6.07) is 1.38. The zero-order valence-corrected chi connectivity index (χ0v) is 13.5. The fourth-order valence-corrected chi connectivity index (χ4v) is 2.58. The van der Waals surface area contributed by atoms with Crippen molar-refractivity contribution in [3.8, 4) is 0 Å². The predicted octanol–water partition coefficient (Wildman–Crippen LogP) is 0.606. The molecular weight excluding hydrogens is 314 g/mol. The maximum Gasteiger partial charge on any atom is 0.288 e. The van der Waals surface area contributed by atoms with Gasteiger partial charge in [-0.05, 0) is 32.4 Å². The SMILES string of the molecule is CC(=O)NCCc1cc([N+](=O)[O-])cnc1NC(=O)C1CCNCC1. The van der Waals surface area contributed by atoms with Gasteiger partial charge in [-0.25, -0.2) is 4.98 Å². The Balaban J connectivity index is 2.12. The van der Waals surface area contributed by atoms with Gasteiger partial charge < -0.3 is 16.0 Å². The predicted molar refractivity (Wildman–Crippen MR) is 87.5 cm³/mol. The summed E-state index contributed by atoms with van der Waals surface area (Å²) >= 11 is 0. The molecule has 0 aromatic carbocycles. The molecule has 1 aromatic rings. The van der Waals surface area contributed by atoms with E-state index in [1.807, 2.05) is 0 Å². The van der Waals surface area contributed by atoms with Crippen LogP contribution in [0.5, 0.6) is 0 Å². The lowest BCUT2D eigenvalue weighted by atomic mass is 9.97. The van der Waals surface area contributed by atoms with Crippen molar-refractivity contribution in [1.29, 1.82) is 0 Å². The normalized spacial score (nSPS) is 14.9. The van der Waals surface area contributed by atoms with E-state index in [0.29, 0.717) is 24.3 Å². The highest BCUT2D eigenvalue weighted by molar-refractivity contribution is 5.92. The standard InChI is InChI=1S/C15H21N5O4/c1-10(21)17-7-4-12-8-13(20(23)24)9-18-14(12)19-15(22)11-2-5-16-6-3-11/h8-9,11,16H,2-7H2,1H3,(H,17,21)(H,18,19,22). The maximum absolute atomic E-state index is 12.3. The van der Waals surface area contributed by atoms with Gasteiger partial charge in [-0.15, -0.1) is 0 Å². The van der Waals surface area contributed by atoms with Crippen LogP contribution in [-0.4, -0.2) is 41.4 Å². The third-order valence-corrected chi connectivity index (χ3v) is 3.88. The topological polar surface area (TPSA) is 126 Å². The number of pyridine rings is 1. The van der Waals surface area contributed by atoms with Crippen molar-refractivity contribution in [2.45, 2.75) is 26.2 Å². The van der Waals surface area contributed by atoms with E-state index in [1.165, 1.54) is 13.0 Å². The van der Waals surface area contributed by atoms with Gasteiger partial charge in [-0.2, -0.15) is 0 Å². The first-order chi connectivity index (χ1) is 11.5. The number of amides is 2. The van der Waals surface area contributed by atoms with E-state index in [-0.39, 0.29) is 23.4 Å². The summed E-state index contributed by atoms with van der Waals surface area (Å²) in [4.78, 5) is 37.7. The number of carbonyl (C=O) groups excluding carboxylic acids is 2. The summed E-state index contributed by atoms with van der Waals surface area (Å²) in [5, 5.41) is 19.5. The van der Waals surface area contributed by atoms with Gasteiger partial charge >= 0.3 is 0 Å². The van der Waals surface area contributed by atoms with E-state index in [0.717, 1.165) is 32.1 Å². The lowest BCUT2D eigenvalue weighted by Crippen LogP contribution is -2.35. The first kappa shape index (κ1) is 17.8. The zero-order chi connectivity index (χ0) is 17.5. The van der Waals surface area contributed by atoms with Gasteiger partial charge in [0, 0.05) is 31.0 Å². The number of rotatable bonds is 6. The van der Waals surface area contributed by atoms with Crippen molar-refractivity contribution >= 4 is 23.3 Å². The molecule has 2 heterocycles. The summed E-state index contributed by atoms with van der Waals surface area (Å²) in [6.45, 7) is 3.29. The minimum absolute atomic E-state index is 0.0913. The third-order valence-electron chi connectivity index (χ3n) is 3.88. The van der Waals surface area contributed by atoms with Crippen LogP contribution in [0.2, 0.25) is 0 Å². The fourth-order valence-electron chi connectivity index (χ4n) is 2.58. The Morgan fingerprint density at radius 1 is 1.42 bits per heavy atom. The fraction of sp³-hybridized carbons (Fsp3) is 0.533. The van der Waals surface area contributed by atoms with E-state index < -0.39 is 4.92 Å². The summed E-state index contributed by atoms with van der Waals surface area (Å²) in [6.07, 6.45) is 2.97. The van der Waals surface area contributed by atoms with Crippen molar-refractivity contribution in [3.63, 3.8) is 0 Å². The molecule has 0 radical (unpaired) electrons. The van der Waals surface area contributed by atoms with Crippen LogP contribution in [0, 0.1) is 16.0 Å². The van der Waals surface area contributed by atoms with Crippen LogP contribution in [0.3, 0.4) is 0 Å². The smallest absolute Gasteiger partial charge is 0.288 e. The molecule has 0 atom stereocenters. The molecule has 0 spiro atoms. The van der Waals surface area contributed by atoms with E-state index in [4.69, 9.17) is 0 Å². The second kappa shape index (κ2) is 8.34. The number of aromatic nitrogens is 1. The molecule has 0 bridgehead atoms. The number of nitro groups is 1. The molecule has 1 aliphatic heterocycles. The van der Waals surface area contributed by atoms with Crippen LogP contribution in [0.25, 0.3) is 0 Å². The molecule has 9 nitrogen and oxygen atoms in total. The lowest BCUT2D eigenvalue weighted by Gasteiger charge is -2.22. The summed E-state index contributed by atoms with van der Waals surface area (Å²) in [5.41, 5.74) is 0.382. The Hall–Kier alpha value is -2.55. The molecule has 1 fully saturated rings. The number of hydrogen-bond acceptors (Lipinski definition) is 6. The van der Waals surface area contributed by atoms with Gasteiger partial charge in [0.2, 0.25) is 11.8 Å². The average Bonchev–Trinajstić information content (AvgIpc) is 2.56. The van der Waals surface area contributed by atoms with Crippen LogP contribution >= 0.6 is 0 Å². The van der Waals surface area contributed by atoms with Crippen molar-refractivity contribution < 1.29 is 14.5 Å². The molecule has 1 aromatic heterocycles. The Bertz CT molecular complexity index is 628. The molecule has 0 saturated carbocycles. The molecular formula is C15H21N5O4. The number of nitrogens with one attached hydrogen (secondary N) is 3. The molecule has 0 aliphatic carbocycles. The minimum atomic E-state index is -0.534. The molecule has 24 heavy (non-hydrogen) atoms. The van der Waals surface area contributed by atoms with E-state index in [1.54, 1.807) is 0 Å². The Morgan fingerprint density at radius 3 is 2.75 bits per heavy atom. The van der Waals surface area contributed by atoms with Crippen molar-refractivity contribution in [2.75, 3.05) is 25.0 Å². The Kier molecular flexibility index (Phi) is 6.19. The molecule has 130 valence electrons. The molecule has 9 heteroatoms. The average molecular weight is 335 g/mol. The van der Waals surface area contributed by atoms with Crippen molar-refractivity contribution in [1.82, 2.24) is 15.6 Å². The highest BCUT2D eigenvalue weighted by atomic mass is 16.6. The summed E-state index contributed by atoms with van der Waals surface area (Å²) in [7, 11) is 0. The van der Waals surface area contributed by atoms with Gasteiger partial charge in [-0.3, -0.25) is 19.7 Å². The first-order valence-corrected chi connectivity index (χ1v) is 7.86. The van der Waals surface area contributed by atoms with Crippen molar-refractivity contribution in [2.24, 2.45) is 5.92 Å². The number of piperidine rings is 1. The Labute approximate surface area is 139 Å². The number of hydrogen-bond donors (Lipinski definition) is 3. The van der Waals surface area contributed by atoms with Crippen LogP contribution in [0.15, 0.2) is 12.3 Å². The first-order valence-electron chi connectivity index (χ1n) is 7.86. The highest BCUT2D eigenvalue weighted by Gasteiger charge is 2.22. The quantitative estimate of drug-likeness (QED) is 0.516. The van der Waals surface area contributed by atoms with Crippen LogP contribution in [0.1, 0.15) is 25.3 Å². The molecule has 1 saturated heterocycles. The lowest BCUT2D eigenvalue weighted by molar-refractivity contribution is -0.385. The largest absolute Gasteiger partial charge is 0.356 e. The summed E-state index contributed by atoms with van der Waals surface area (Å²) in [5.74, 6) is -0.0896. The van der Waals surface area contributed by atoms with Gasteiger partial charge in [0.25, 0.3) is 5.69 Å². The van der Waals surface area contributed by atoms with Gasteiger partial charge in [0.15, 0.2) is 0 Å². The van der Waals surface area contributed by atoms with Gasteiger partial charge in [0.05, 0.1) is 4.92 Å². The molecule has 3 N–H and O–H groups in total. The second-order valence-electron chi connectivity index (χ2n) is 5.70. The van der Waals surface area contributed by atoms with Crippen LogP contribution in [-0.2, 0) is 16.0 Å². The molecule has 2 amide bonds. The van der Waals surface area contributed by atoms with E-state index in [9.17, 15) is 19.7 Å².